The molecule has 1 N–H and O–H groups in total. The minimum atomic E-state index is -2.97. The fraction of sp³-hybridized carbons (Fsp3) is 0.889. The Morgan fingerprint density at radius 2 is 1.86 bits per heavy atom. The molecule has 14 heavy (non-hydrogen) atoms. The van der Waals surface area contributed by atoms with Gasteiger partial charge in [-0.15, -0.1) is 0 Å². The molecule has 1 saturated heterocycles. The van der Waals surface area contributed by atoms with E-state index in [4.69, 9.17) is 0 Å². The molecule has 0 radical (unpaired) electrons. The molecule has 4 nitrogen and oxygen atoms in total. The zero-order chi connectivity index (χ0) is 10.8. The lowest BCUT2D eigenvalue weighted by molar-refractivity contribution is -0.131. The molecule has 1 rings (SSSR count). The fourth-order valence-electron chi connectivity index (χ4n) is 1.83. The van der Waals surface area contributed by atoms with Gasteiger partial charge in [0.15, 0.2) is 0 Å². The average Bonchev–Trinajstić information content (AvgIpc) is 2.18. The first-order valence-corrected chi connectivity index (χ1v) is 6.62. The number of hydrogen-bond acceptors (Lipinski definition) is 4. The highest BCUT2D eigenvalue weighted by atomic mass is 32.2. The second-order valence-electron chi connectivity index (χ2n) is 3.87. The third kappa shape index (κ3) is 2.15. The smallest absolute Gasteiger partial charge is 0.150 e. The Morgan fingerprint density at radius 3 is 2.21 bits per heavy atom. The van der Waals surface area contributed by atoms with Gasteiger partial charge in [0, 0.05) is 6.42 Å². The van der Waals surface area contributed by atoms with Crippen molar-refractivity contribution < 1.29 is 18.3 Å². The molecule has 0 spiro atoms. The van der Waals surface area contributed by atoms with Gasteiger partial charge in [0.05, 0.1) is 23.5 Å². The van der Waals surface area contributed by atoms with Crippen molar-refractivity contribution in [2.45, 2.75) is 26.2 Å². The van der Waals surface area contributed by atoms with Gasteiger partial charge in [0.2, 0.25) is 0 Å². The minimum absolute atomic E-state index is 0.0186. The van der Waals surface area contributed by atoms with E-state index in [0.717, 1.165) is 0 Å². The number of carbonyl (C=O) groups is 1. The van der Waals surface area contributed by atoms with Crippen LogP contribution >= 0.6 is 0 Å². The molecule has 82 valence electrons. The van der Waals surface area contributed by atoms with Crippen LogP contribution in [0.25, 0.3) is 0 Å². The number of ketones is 1. The lowest BCUT2D eigenvalue weighted by Crippen LogP contribution is -2.42. The standard InChI is InChI=1S/C9H16O4S/c1-2-8(11)9(7-10)3-5-14(12,13)6-4-9/h10H,2-7H2,1H3. The summed E-state index contributed by atoms with van der Waals surface area (Å²) in [5.41, 5.74) is -0.778. The third-order valence-corrected chi connectivity index (χ3v) is 4.65. The summed E-state index contributed by atoms with van der Waals surface area (Å²) in [6, 6.07) is 0. The highest BCUT2D eigenvalue weighted by Gasteiger charge is 2.41. The first-order valence-electron chi connectivity index (χ1n) is 4.80. The molecule has 0 aromatic carbocycles. The zero-order valence-electron chi connectivity index (χ0n) is 8.32. The molecule has 0 amide bonds. The van der Waals surface area contributed by atoms with Crippen molar-refractivity contribution in [3.63, 3.8) is 0 Å². The van der Waals surface area contributed by atoms with Gasteiger partial charge >= 0.3 is 0 Å². The van der Waals surface area contributed by atoms with Crippen LogP contribution in [0.5, 0.6) is 0 Å². The number of aliphatic hydroxyl groups is 1. The molecule has 0 atom stereocenters. The Balaban J connectivity index is 2.81. The van der Waals surface area contributed by atoms with E-state index in [-0.39, 0.29) is 36.7 Å². The SMILES string of the molecule is CCC(=O)C1(CO)CCS(=O)(=O)CC1. The maximum atomic E-state index is 11.6. The number of rotatable bonds is 3. The number of hydrogen-bond donors (Lipinski definition) is 1. The van der Waals surface area contributed by atoms with Gasteiger partial charge in [-0.25, -0.2) is 8.42 Å². The van der Waals surface area contributed by atoms with Crippen LogP contribution in [-0.2, 0) is 14.6 Å². The maximum absolute atomic E-state index is 11.6. The van der Waals surface area contributed by atoms with Gasteiger partial charge in [-0.1, -0.05) is 6.92 Å². The molecule has 0 bridgehead atoms. The van der Waals surface area contributed by atoms with Crippen molar-refractivity contribution in [3.8, 4) is 0 Å². The van der Waals surface area contributed by atoms with Crippen LogP contribution in [0.1, 0.15) is 26.2 Å². The van der Waals surface area contributed by atoms with Gasteiger partial charge in [0.1, 0.15) is 15.6 Å². The van der Waals surface area contributed by atoms with Gasteiger partial charge < -0.3 is 5.11 Å². The maximum Gasteiger partial charge on any atom is 0.150 e. The number of sulfone groups is 1. The van der Waals surface area contributed by atoms with Crippen molar-refractivity contribution in [1.29, 1.82) is 0 Å². The number of carbonyl (C=O) groups excluding carboxylic acids is 1. The Labute approximate surface area is 84.2 Å². The van der Waals surface area contributed by atoms with Gasteiger partial charge in [-0.2, -0.15) is 0 Å². The fourth-order valence-corrected chi connectivity index (χ4v) is 3.44. The van der Waals surface area contributed by atoms with Gasteiger partial charge in [-0.3, -0.25) is 4.79 Å². The van der Waals surface area contributed by atoms with Crippen molar-refractivity contribution in [2.24, 2.45) is 5.41 Å². The van der Waals surface area contributed by atoms with Crippen LogP contribution in [0.2, 0.25) is 0 Å². The van der Waals surface area contributed by atoms with Crippen LogP contribution in [0, 0.1) is 5.41 Å². The van der Waals surface area contributed by atoms with Crippen LogP contribution < -0.4 is 0 Å². The molecule has 1 fully saturated rings. The first kappa shape index (κ1) is 11.7. The Hall–Kier alpha value is -0.420. The molecule has 5 heteroatoms. The van der Waals surface area contributed by atoms with Crippen molar-refractivity contribution in [1.82, 2.24) is 0 Å². The van der Waals surface area contributed by atoms with E-state index >= 15 is 0 Å². The zero-order valence-corrected chi connectivity index (χ0v) is 9.14. The summed E-state index contributed by atoms with van der Waals surface area (Å²) in [5.74, 6) is 0.0356. The molecule has 1 heterocycles. The van der Waals surface area contributed by atoms with Gasteiger partial charge in [-0.05, 0) is 12.8 Å². The highest BCUT2D eigenvalue weighted by molar-refractivity contribution is 7.91. The lowest BCUT2D eigenvalue weighted by Gasteiger charge is -2.33. The Kier molecular flexibility index (Phi) is 3.32. The lowest BCUT2D eigenvalue weighted by atomic mass is 9.78. The summed E-state index contributed by atoms with van der Waals surface area (Å²) < 4.78 is 22.3. The van der Waals surface area contributed by atoms with Crippen LogP contribution in [0.15, 0.2) is 0 Å². The number of Topliss-reactive ketones (excluding diaryl/α,β-unsaturated/α-hetero) is 1. The van der Waals surface area contributed by atoms with Crippen LogP contribution in [0.3, 0.4) is 0 Å². The van der Waals surface area contributed by atoms with E-state index in [0.29, 0.717) is 6.42 Å². The molecule has 0 aliphatic carbocycles. The number of aliphatic hydroxyl groups excluding tert-OH is 1. The summed E-state index contributed by atoms with van der Waals surface area (Å²) in [7, 11) is -2.97. The van der Waals surface area contributed by atoms with E-state index in [1.165, 1.54) is 0 Å². The summed E-state index contributed by atoms with van der Waals surface area (Å²) in [4.78, 5) is 11.6. The third-order valence-electron chi connectivity index (χ3n) is 3.00. The molecular weight excluding hydrogens is 204 g/mol. The van der Waals surface area contributed by atoms with Gasteiger partial charge in [0.25, 0.3) is 0 Å². The minimum Gasteiger partial charge on any atom is -0.395 e. The van der Waals surface area contributed by atoms with Crippen molar-refractivity contribution in [2.75, 3.05) is 18.1 Å². The van der Waals surface area contributed by atoms with E-state index in [2.05, 4.69) is 0 Å². The van der Waals surface area contributed by atoms with Crippen LogP contribution in [-0.4, -0.2) is 37.4 Å². The summed E-state index contributed by atoms with van der Waals surface area (Å²) in [6.45, 7) is 1.51. The van der Waals surface area contributed by atoms with Crippen molar-refractivity contribution >= 4 is 15.6 Å². The van der Waals surface area contributed by atoms with E-state index in [1.54, 1.807) is 6.92 Å². The van der Waals surface area contributed by atoms with E-state index < -0.39 is 15.3 Å². The molecule has 1 aliphatic rings. The summed E-state index contributed by atoms with van der Waals surface area (Å²) in [6.07, 6.45) is 0.914. The van der Waals surface area contributed by atoms with E-state index in [1.807, 2.05) is 0 Å². The first-order chi connectivity index (χ1) is 6.46. The molecule has 0 unspecified atom stereocenters. The molecule has 0 aromatic rings. The molecule has 0 saturated carbocycles. The van der Waals surface area contributed by atoms with E-state index in [9.17, 15) is 18.3 Å². The predicted octanol–water partition coefficient (Wildman–Crippen LogP) is 0.153. The normalized spacial score (nSPS) is 24.4. The van der Waals surface area contributed by atoms with Crippen LogP contribution in [0.4, 0.5) is 0 Å². The largest absolute Gasteiger partial charge is 0.395 e. The second kappa shape index (κ2) is 3.98. The quantitative estimate of drug-likeness (QED) is 0.735. The highest BCUT2D eigenvalue weighted by Crippen LogP contribution is 2.33. The Morgan fingerprint density at radius 1 is 1.36 bits per heavy atom. The predicted molar refractivity (Wildman–Crippen MR) is 52.7 cm³/mol. The molecular formula is C9H16O4S. The molecule has 1 aliphatic heterocycles. The monoisotopic (exact) mass is 220 g/mol. The summed E-state index contributed by atoms with van der Waals surface area (Å²) in [5, 5.41) is 9.20. The van der Waals surface area contributed by atoms with Crippen molar-refractivity contribution in [3.05, 3.63) is 0 Å². The Bertz CT molecular complexity index is 304. The molecule has 0 aromatic heterocycles. The second-order valence-corrected chi connectivity index (χ2v) is 6.17. The topological polar surface area (TPSA) is 71.4 Å². The average molecular weight is 220 g/mol. The summed E-state index contributed by atoms with van der Waals surface area (Å²) >= 11 is 0.